The molecule has 0 radical (unpaired) electrons. The molecule has 0 spiro atoms. The minimum atomic E-state index is -0.253. The lowest BCUT2D eigenvalue weighted by atomic mass is 10.1. The number of amides is 2. The van der Waals surface area contributed by atoms with Crippen LogP contribution >= 0.6 is 15.9 Å². The molecule has 0 aromatic heterocycles. The number of nitrogens with one attached hydrogen (secondary N) is 1. The lowest BCUT2D eigenvalue weighted by Crippen LogP contribution is -2.23. The first kappa shape index (κ1) is 20.2. The molecule has 3 rings (SSSR count). The second kappa shape index (κ2) is 9.10. The molecule has 0 bridgehead atoms. The number of hydrogen-bond donors (Lipinski definition) is 1. The molecule has 1 fully saturated rings. The minimum Gasteiger partial charge on any atom is -0.493 e. The number of hydrogen-bond acceptors (Lipinski definition) is 4. The highest BCUT2D eigenvalue weighted by atomic mass is 79.9. The summed E-state index contributed by atoms with van der Waals surface area (Å²) >= 11 is 3.44. The normalized spacial score (nSPS) is 13.5. The van der Waals surface area contributed by atoms with Gasteiger partial charge in [-0.2, -0.15) is 0 Å². The molecular weight excluding hydrogens is 424 g/mol. The van der Waals surface area contributed by atoms with Crippen LogP contribution in [0.4, 0.5) is 5.69 Å². The van der Waals surface area contributed by atoms with Crippen molar-refractivity contribution in [3.63, 3.8) is 0 Å². The van der Waals surface area contributed by atoms with Gasteiger partial charge in [0.1, 0.15) is 0 Å². The zero-order valence-electron chi connectivity index (χ0n) is 16.0. The van der Waals surface area contributed by atoms with E-state index in [0.29, 0.717) is 46.8 Å². The summed E-state index contributed by atoms with van der Waals surface area (Å²) < 4.78 is 11.6. The van der Waals surface area contributed by atoms with Crippen LogP contribution in [0.3, 0.4) is 0 Å². The SMILES string of the molecule is CCOc1c(Br)cc(C(=O)Nc2cccc(CN3CCCC3=O)c2)cc1OC. The molecule has 0 saturated carbocycles. The van der Waals surface area contributed by atoms with Crippen molar-refractivity contribution >= 4 is 33.4 Å². The molecule has 1 aliphatic rings. The molecule has 2 amide bonds. The lowest BCUT2D eigenvalue weighted by Gasteiger charge is -2.16. The van der Waals surface area contributed by atoms with Gasteiger partial charge in [0, 0.05) is 30.8 Å². The van der Waals surface area contributed by atoms with Crippen LogP contribution in [0.15, 0.2) is 40.9 Å². The van der Waals surface area contributed by atoms with Crippen LogP contribution in [-0.2, 0) is 11.3 Å². The van der Waals surface area contributed by atoms with Gasteiger partial charge in [-0.05, 0) is 59.1 Å². The highest BCUT2D eigenvalue weighted by molar-refractivity contribution is 9.10. The minimum absolute atomic E-state index is 0.181. The Morgan fingerprint density at radius 3 is 2.79 bits per heavy atom. The van der Waals surface area contributed by atoms with Crippen LogP contribution in [0.5, 0.6) is 11.5 Å². The molecule has 7 heteroatoms. The van der Waals surface area contributed by atoms with Crippen molar-refractivity contribution in [2.24, 2.45) is 0 Å². The van der Waals surface area contributed by atoms with Crippen molar-refractivity contribution in [2.75, 3.05) is 25.6 Å². The first-order chi connectivity index (χ1) is 13.5. The first-order valence-corrected chi connectivity index (χ1v) is 9.99. The van der Waals surface area contributed by atoms with Crippen LogP contribution in [0.2, 0.25) is 0 Å². The van der Waals surface area contributed by atoms with E-state index in [2.05, 4.69) is 21.2 Å². The Hall–Kier alpha value is -2.54. The summed E-state index contributed by atoms with van der Waals surface area (Å²) in [5, 5.41) is 2.91. The maximum atomic E-state index is 12.7. The second-order valence-electron chi connectivity index (χ2n) is 6.50. The number of ether oxygens (including phenoxy) is 2. The molecule has 0 unspecified atom stereocenters. The lowest BCUT2D eigenvalue weighted by molar-refractivity contribution is -0.128. The fourth-order valence-corrected chi connectivity index (χ4v) is 3.73. The molecule has 2 aromatic rings. The number of halogens is 1. The number of methoxy groups -OCH3 is 1. The second-order valence-corrected chi connectivity index (χ2v) is 7.35. The Bertz CT molecular complexity index is 885. The Balaban J connectivity index is 1.75. The van der Waals surface area contributed by atoms with E-state index < -0.39 is 0 Å². The number of rotatable bonds is 7. The topological polar surface area (TPSA) is 67.9 Å². The predicted octanol–water partition coefficient (Wildman–Crippen LogP) is 4.23. The fraction of sp³-hybridized carbons (Fsp3) is 0.333. The van der Waals surface area contributed by atoms with Crippen molar-refractivity contribution < 1.29 is 19.1 Å². The first-order valence-electron chi connectivity index (χ1n) is 9.20. The van der Waals surface area contributed by atoms with Crippen LogP contribution in [-0.4, -0.2) is 37.0 Å². The maximum Gasteiger partial charge on any atom is 0.255 e. The van der Waals surface area contributed by atoms with Gasteiger partial charge in [-0.25, -0.2) is 0 Å². The van der Waals surface area contributed by atoms with Crippen molar-refractivity contribution in [1.29, 1.82) is 0 Å². The Kier molecular flexibility index (Phi) is 6.57. The third kappa shape index (κ3) is 4.65. The number of carbonyl (C=O) groups is 2. The zero-order chi connectivity index (χ0) is 20.1. The van der Waals surface area contributed by atoms with Gasteiger partial charge < -0.3 is 19.7 Å². The summed E-state index contributed by atoms with van der Waals surface area (Å²) in [5.74, 6) is 0.985. The smallest absolute Gasteiger partial charge is 0.255 e. The van der Waals surface area contributed by atoms with Gasteiger partial charge in [0.2, 0.25) is 5.91 Å². The van der Waals surface area contributed by atoms with Crippen molar-refractivity contribution in [3.8, 4) is 11.5 Å². The van der Waals surface area contributed by atoms with E-state index in [0.717, 1.165) is 18.5 Å². The molecule has 1 aliphatic heterocycles. The summed E-state index contributed by atoms with van der Waals surface area (Å²) in [5.41, 5.74) is 2.11. The third-order valence-corrected chi connectivity index (χ3v) is 5.10. The Morgan fingerprint density at radius 2 is 2.11 bits per heavy atom. The number of nitrogens with zero attached hydrogens (tertiary/aromatic N) is 1. The van der Waals surface area contributed by atoms with E-state index in [9.17, 15) is 9.59 Å². The number of anilines is 1. The molecule has 1 N–H and O–H groups in total. The molecule has 28 heavy (non-hydrogen) atoms. The maximum absolute atomic E-state index is 12.7. The Morgan fingerprint density at radius 1 is 1.29 bits per heavy atom. The van der Waals surface area contributed by atoms with Crippen molar-refractivity contribution in [2.45, 2.75) is 26.3 Å². The van der Waals surface area contributed by atoms with E-state index in [1.54, 1.807) is 12.1 Å². The van der Waals surface area contributed by atoms with Gasteiger partial charge in [0.05, 0.1) is 18.2 Å². The van der Waals surface area contributed by atoms with Gasteiger partial charge in [-0.15, -0.1) is 0 Å². The number of likely N-dealkylation sites (tertiary alicyclic amines) is 1. The van der Waals surface area contributed by atoms with E-state index in [-0.39, 0.29) is 11.8 Å². The van der Waals surface area contributed by atoms with Crippen molar-refractivity contribution in [1.82, 2.24) is 4.90 Å². The molecule has 2 aromatic carbocycles. The predicted molar refractivity (Wildman–Crippen MR) is 111 cm³/mol. The van der Waals surface area contributed by atoms with E-state index in [4.69, 9.17) is 9.47 Å². The van der Waals surface area contributed by atoms with Gasteiger partial charge in [-0.3, -0.25) is 9.59 Å². The summed E-state index contributed by atoms with van der Waals surface area (Å²) in [6.07, 6.45) is 1.52. The van der Waals surface area contributed by atoms with Gasteiger partial charge >= 0.3 is 0 Å². The monoisotopic (exact) mass is 446 g/mol. The molecule has 6 nitrogen and oxygen atoms in total. The summed E-state index contributed by atoms with van der Waals surface area (Å²) in [7, 11) is 1.54. The highest BCUT2D eigenvalue weighted by Gasteiger charge is 2.20. The van der Waals surface area contributed by atoms with E-state index in [1.807, 2.05) is 36.1 Å². The molecule has 0 atom stereocenters. The van der Waals surface area contributed by atoms with Gasteiger partial charge in [0.25, 0.3) is 5.91 Å². The van der Waals surface area contributed by atoms with Crippen LogP contribution < -0.4 is 14.8 Å². The van der Waals surface area contributed by atoms with Gasteiger partial charge in [-0.1, -0.05) is 12.1 Å². The standard InChI is InChI=1S/C21H23BrN2O4/c1-3-28-20-17(22)11-15(12-18(20)27-2)21(26)23-16-7-4-6-14(10-16)13-24-9-5-8-19(24)25/h4,6-7,10-12H,3,5,8-9,13H2,1-2H3,(H,23,26). The van der Waals surface area contributed by atoms with Crippen LogP contribution in [0.25, 0.3) is 0 Å². The van der Waals surface area contributed by atoms with E-state index in [1.165, 1.54) is 7.11 Å². The average molecular weight is 447 g/mol. The van der Waals surface area contributed by atoms with Crippen molar-refractivity contribution in [3.05, 3.63) is 52.0 Å². The molecule has 148 valence electrons. The highest BCUT2D eigenvalue weighted by Crippen LogP contribution is 2.36. The Labute approximate surface area is 172 Å². The third-order valence-electron chi connectivity index (χ3n) is 4.51. The quantitative estimate of drug-likeness (QED) is 0.690. The zero-order valence-corrected chi connectivity index (χ0v) is 17.5. The fourth-order valence-electron chi connectivity index (χ4n) is 3.18. The number of carbonyl (C=O) groups excluding carboxylic acids is 2. The van der Waals surface area contributed by atoms with Crippen LogP contribution in [0.1, 0.15) is 35.7 Å². The molecular formula is C21H23BrN2O4. The summed E-state index contributed by atoms with van der Waals surface area (Å²) in [4.78, 5) is 26.4. The summed E-state index contributed by atoms with van der Waals surface area (Å²) in [6.45, 7) is 3.72. The van der Waals surface area contributed by atoms with Gasteiger partial charge in [0.15, 0.2) is 11.5 Å². The van der Waals surface area contributed by atoms with E-state index >= 15 is 0 Å². The molecule has 1 heterocycles. The average Bonchev–Trinajstić information content (AvgIpc) is 3.08. The number of benzene rings is 2. The van der Waals surface area contributed by atoms with Crippen LogP contribution in [0, 0.1) is 0 Å². The molecule has 0 aliphatic carbocycles. The largest absolute Gasteiger partial charge is 0.493 e. The summed E-state index contributed by atoms with van der Waals surface area (Å²) in [6, 6.07) is 10.9. The molecule has 1 saturated heterocycles.